The van der Waals surface area contributed by atoms with E-state index < -0.39 is 17.8 Å². The van der Waals surface area contributed by atoms with Crippen LogP contribution >= 0.6 is 0 Å². The summed E-state index contributed by atoms with van der Waals surface area (Å²) in [5, 5.41) is 2.49. The maximum absolute atomic E-state index is 11.3. The van der Waals surface area contributed by atoms with Crippen molar-refractivity contribution in [3.8, 4) is 0 Å². The number of ether oxygens (including phenoxy) is 1. The van der Waals surface area contributed by atoms with Gasteiger partial charge in [-0.2, -0.15) is 0 Å². The number of nitroso groups, excluding NO2 is 1. The first kappa shape index (κ1) is 9.83. The van der Waals surface area contributed by atoms with Crippen LogP contribution in [0.1, 0.15) is 19.8 Å². The number of esters is 1. The van der Waals surface area contributed by atoms with Gasteiger partial charge in [-0.1, -0.05) is 0 Å². The van der Waals surface area contributed by atoms with Gasteiger partial charge in [-0.05, 0) is 24.9 Å². The standard InChI is InChI=1S/C8H11NO4/c1-2-13-8(11)6(9-12)7(10)5-3-4-5/h5-6H,2-4H2,1H3. The Kier molecular flexibility index (Phi) is 3.11. The van der Waals surface area contributed by atoms with E-state index >= 15 is 0 Å². The van der Waals surface area contributed by atoms with E-state index in [4.69, 9.17) is 0 Å². The Morgan fingerprint density at radius 3 is 2.54 bits per heavy atom. The van der Waals surface area contributed by atoms with Crippen molar-refractivity contribution in [1.82, 2.24) is 0 Å². The molecule has 1 aliphatic rings. The summed E-state index contributed by atoms with van der Waals surface area (Å²) in [5.74, 6) is -1.37. The summed E-state index contributed by atoms with van der Waals surface area (Å²) in [6, 6.07) is -1.44. The summed E-state index contributed by atoms with van der Waals surface area (Å²) in [5.41, 5.74) is 0. The zero-order chi connectivity index (χ0) is 9.84. The van der Waals surface area contributed by atoms with Crippen LogP contribution in [0, 0.1) is 10.8 Å². The van der Waals surface area contributed by atoms with Crippen molar-refractivity contribution in [2.75, 3.05) is 6.61 Å². The third-order valence-electron chi connectivity index (χ3n) is 1.86. The number of nitrogens with zero attached hydrogens (tertiary/aromatic N) is 1. The second-order valence-electron chi connectivity index (χ2n) is 2.94. The molecule has 0 aromatic rings. The third kappa shape index (κ3) is 2.34. The van der Waals surface area contributed by atoms with Crippen molar-refractivity contribution in [3.05, 3.63) is 4.91 Å². The van der Waals surface area contributed by atoms with E-state index in [-0.39, 0.29) is 12.5 Å². The lowest BCUT2D eigenvalue weighted by atomic mass is 10.1. The van der Waals surface area contributed by atoms with E-state index in [2.05, 4.69) is 9.91 Å². The molecular weight excluding hydrogens is 174 g/mol. The average Bonchev–Trinajstić information content (AvgIpc) is 2.88. The number of carbonyl (C=O) groups is 2. The van der Waals surface area contributed by atoms with Crippen molar-refractivity contribution >= 4 is 11.8 Å². The first-order valence-corrected chi connectivity index (χ1v) is 4.23. The second-order valence-corrected chi connectivity index (χ2v) is 2.94. The molecule has 1 atom stereocenters. The maximum Gasteiger partial charge on any atom is 0.342 e. The Morgan fingerprint density at radius 2 is 2.15 bits per heavy atom. The average molecular weight is 185 g/mol. The van der Waals surface area contributed by atoms with Crippen LogP contribution < -0.4 is 0 Å². The molecular formula is C8H11NO4. The number of rotatable bonds is 5. The topological polar surface area (TPSA) is 72.8 Å². The zero-order valence-corrected chi connectivity index (χ0v) is 7.36. The first-order chi connectivity index (χ1) is 6.20. The Labute approximate surface area is 75.4 Å². The minimum Gasteiger partial charge on any atom is -0.464 e. The molecule has 0 amide bonds. The minimum atomic E-state index is -1.44. The molecule has 0 bridgehead atoms. The van der Waals surface area contributed by atoms with Gasteiger partial charge in [0.05, 0.1) is 6.61 Å². The molecule has 0 radical (unpaired) electrons. The highest BCUT2D eigenvalue weighted by Crippen LogP contribution is 2.31. The lowest BCUT2D eigenvalue weighted by molar-refractivity contribution is -0.147. The molecule has 0 aliphatic heterocycles. The Hall–Kier alpha value is -1.26. The zero-order valence-electron chi connectivity index (χ0n) is 7.36. The summed E-state index contributed by atoms with van der Waals surface area (Å²) >= 11 is 0. The fourth-order valence-electron chi connectivity index (χ4n) is 1.02. The molecule has 5 nitrogen and oxygen atoms in total. The molecule has 1 fully saturated rings. The van der Waals surface area contributed by atoms with Crippen LogP contribution in [0.4, 0.5) is 0 Å². The number of hydrogen-bond donors (Lipinski definition) is 0. The van der Waals surface area contributed by atoms with Crippen molar-refractivity contribution in [1.29, 1.82) is 0 Å². The van der Waals surface area contributed by atoms with E-state index in [0.717, 1.165) is 12.8 Å². The Morgan fingerprint density at radius 1 is 1.54 bits per heavy atom. The van der Waals surface area contributed by atoms with Crippen LogP contribution in [0.25, 0.3) is 0 Å². The minimum absolute atomic E-state index is 0.146. The van der Waals surface area contributed by atoms with Gasteiger partial charge >= 0.3 is 5.97 Å². The SMILES string of the molecule is CCOC(=O)C(N=O)C(=O)C1CC1. The predicted molar refractivity (Wildman–Crippen MR) is 43.9 cm³/mol. The molecule has 0 saturated heterocycles. The fourth-order valence-corrected chi connectivity index (χ4v) is 1.02. The van der Waals surface area contributed by atoms with Crippen LogP contribution in [-0.2, 0) is 14.3 Å². The fraction of sp³-hybridized carbons (Fsp3) is 0.750. The van der Waals surface area contributed by atoms with Crippen LogP contribution in [-0.4, -0.2) is 24.4 Å². The summed E-state index contributed by atoms with van der Waals surface area (Å²) in [4.78, 5) is 32.5. The van der Waals surface area contributed by atoms with Gasteiger partial charge in [-0.15, -0.1) is 4.91 Å². The highest BCUT2D eigenvalue weighted by Gasteiger charge is 2.40. The molecule has 0 aromatic carbocycles. The van der Waals surface area contributed by atoms with Gasteiger partial charge in [0.1, 0.15) is 0 Å². The van der Waals surface area contributed by atoms with Crippen molar-refractivity contribution in [3.63, 3.8) is 0 Å². The summed E-state index contributed by atoms with van der Waals surface area (Å²) in [6.07, 6.45) is 1.51. The highest BCUT2D eigenvalue weighted by molar-refractivity contribution is 6.05. The van der Waals surface area contributed by atoms with Gasteiger partial charge in [0.25, 0.3) is 0 Å². The molecule has 72 valence electrons. The van der Waals surface area contributed by atoms with Gasteiger partial charge in [-0.25, -0.2) is 4.79 Å². The molecule has 5 heteroatoms. The summed E-state index contributed by atoms with van der Waals surface area (Å²) in [7, 11) is 0. The number of Topliss-reactive ketones (excluding diaryl/α,β-unsaturated/α-hetero) is 1. The van der Waals surface area contributed by atoms with Crippen molar-refractivity contribution in [2.45, 2.75) is 25.8 Å². The first-order valence-electron chi connectivity index (χ1n) is 4.23. The largest absolute Gasteiger partial charge is 0.464 e. The van der Waals surface area contributed by atoms with Gasteiger partial charge in [0.2, 0.25) is 6.04 Å². The lowest BCUT2D eigenvalue weighted by Crippen LogP contribution is -2.31. The highest BCUT2D eigenvalue weighted by atomic mass is 16.5. The molecule has 1 aliphatic carbocycles. The van der Waals surface area contributed by atoms with Crippen LogP contribution in [0.15, 0.2) is 5.18 Å². The van der Waals surface area contributed by atoms with Crippen molar-refractivity contribution < 1.29 is 14.3 Å². The predicted octanol–water partition coefficient (Wildman–Crippen LogP) is 0.664. The lowest BCUT2D eigenvalue weighted by Gasteiger charge is -2.05. The van der Waals surface area contributed by atoms with Crippen LogP contribution in [0.5, 0.6) is 0 Å². The van der Waals surface area contributed by atoms with E-state index in [1.807, 2.05) is 0 Å². The molecule has 1 unspecified atom stereocenters. The van der Waals surface area contributed by atoms with Gasteiger partial charge in [0, 0.05) is 5.92 Å². The molecule has 0 heterocycles. The number of ketones is 1. The third-order valence-corrected chi connectivity index (χ3v) is 1.86. The van der Waals surface area contributed by atoms with Gasteiger partial charge in [-0.3, -0.25) is 4.79 Å². The normalized spacial score (nSPS) is 17.6. The van der Waals surface area contributed by atoms with E-state index in [0.29, 0.717) is 0 Å². The molecule has 0 spiro atoms. The number of carbonyl (C=O) groups excluding carboxylic acids is 2. The van der Waals surface area contributed by atoms with E-state index in [1.165, 1.54) is 0 Å². The summed E-state index contributed by atoms with van der Waals surface area (Å²) < 4.78 is 4.54. The Balaban J connectivity index is 2.54. The molecule has 13 heavy (non-hydrogen) atoms. The van der Waals surface area contributed by atoms with E-state index in [1.54, 1.807) is 6.92 Å². The quantitative estimate of drug-likeness (QED) is 0.358. The summed E-state index contributed by atoms with van der Waals surface area (Å²) in [6.45, 7) is 1.77. The monoisotopic (exact) mass is 185 g/mol. The Bertz CT molecular complexity index is 234. The molecule has 0 N–H and O–H groups in total. The van der Waals surface area contributed by atoms with E-state index in [9.17, 15) is 14.5 Å². The molecule has 0 aromatic heterocycles. The maximum atomic E-state index is 11.3. The van der Waals surface area contributed by atoms with Crippen LogP contribution in [0.3, 0.4) is 0 Å². The molecule has 1 rings (SSSR count). The van der Waals surface area contributed by atoms with Crippen molar-refractivity contribution in [2.24, 2.45) is 11.1 Å². The van der Waals surface area contributed by atoms with Gasteiger partial charge < -0.3 is 4.74 Å². The van der Waals surface area contributed by atoms with Crippen LogP contribution in [0.2, 0.25) is 0 Å². The molecule has 1 saturated carbocycles. The second kappa shape index (κ2) is 4.11. The van der Waals surface area contributed by atoms with Gasteiger partial charge in [0.15, 0.2) is 5.78 Å². The number of hydrogen-bond acceptors (Lipinski definition) is 5. The smallest absolute Gasteiger partial charge is 0.342 e.